The second kappa shape index (κ2) is 24.2. The van der Waals surface area contributed by atoms with Crippen molar-refractivity contribution in [1.29, 1.82) is 0 Å². The minimum Gasteiger partial charge on any atom is -0.305 e. The maximum atomic E-state index is 4.44. The van der Waals surface area contributed by atoms with Gasteiger partial charge in [0.2, 0.25) is 0 Å². The molecule has 0 aliphatic rings. The molecule has 0 aliphatic carbocycles. The Bertz CT molecular complexity index is 2530. The number of aryl methyl sites for hydroxylation is 2. The fourth-order valence-corrected chi connectivity index (χ4v) is 7.26. The van der Waals surface area contributed by atoms with Gasteiger partial charge < -0.3 is 9.97 Å². The molecule has 6 aromatic carbocycles. The Morgan fingerprint density at radius 2 is 0.828 bits per heavy atom. The van der Waals surface area contributed by atoms with Crippen LogP contribution in [0.5, 0.6) is 0 Å². The molecule has 64 heavy (non-hydrogen) atoms. The van der Waals surface area contributed by atoms with Crippen LogP contribution in [0.25, 0.3) is 67.2 Å². The van der Waals surface area contributed by atoms with Crippen molar-refractivity contribution in [2.24, 2.45) is 0 Å². The minimum absolute atomic E-state index is 0. The number of nitrogens with zero attached hydrogens (tertiary/aromatic N) is 3. The minimum atomic E-state index is 0. The molecule has 0 bridgehead atoms. The van der Waals surface area contributed by atoms with Gasteiger partial charge in [0.1, 0.15) is 0 Å². The number of pyridine rings is 3. The van der Waals surface area contributed by atoms with Crippen molar-refractivity contribution in [3.05, 3.63) is 235 Å². The number of hydrogen-bond acceptors (Lipinski definition) is 3. The van der Waals surface area contributed by atoms with E-state index in [0.717, 1.165) is 33.8 Å². The molecule has 0 N–H and O–H groups in total. The standard InChI is InChI=1S/C23H24N.C18H15N.C18H14N.2Ir/c1-16(2)20-13-21(17(3)4)15-22(14-20)18-8-7-9-19(12-18)23-10-5-6-11-24-23;2*1-14-11-16(15-7-3-2-4-8-15)13-17(12-14)18-9-5-6-10-19-18;;/h5-8,10-17H,1-4H3;2-13H,1H3;2-11,13H,1H3;;/q-1;;-1;;. The van der Waals surface area contributed by atoms with E-state index in [0.29, 0.717) is 11.8 Å². The van der Waals surface area contributed by atoms with Crippen LogP contribution in [-0.4, -0.2) is 15.0 Å². The van der Waals surface area contributed by atoms with E-state index in [4.69, 9.17) is 0 Å². The summed E-state index contributed by atoms with van der Waals surface area (Å²) in [4.78, 5) is 13.3. The topological polar surface area (TPSA) is 38.7 Å². The summed E-state index contributed by atoms with van der Waals surface area (Å²) in [5.41, 5.74) is 18.7. The molecule has 0 saturated carbocycles. The second-order valence-corrected chi connectivity index (χ2v) is 16.1. The van der Waals surface area contributed by atoms with Gasteiger partial charge in [-0.3, -0.25) is 4.98 Å². The zero-order valence-electron chi connectivity index (χ0n) is 37.2. The normalized spacial score (nSPS) is 10.4. The summed E-state index contributed by atoms with van der Waals surface area (Å²) in [6.07, 6.45) is 5.47. The molecule has 9 rings (SSSR count). The Kier molecular flexibility index (Phi) is 18.6. The Hall–Kier alpha value is -5.93. The van der Waals surface area contributed by atoms with Crippen LogP contribution in [0.15, 0.2) is 201 Å². The molecule has 0 amide bonds. The Morgan fingerprint density at radius 1 is 0.375 bits per heavy atom. The van der Waals surface area contributed by atoms with Crippen LogP contribution in [0.1, 0.15) is 61.8 Å². The average Bonchev–Trinajstić information content (AvgIpc) is 3.33. The van der Waals surface area contributed by atoms with Crippen LogP contribution in [0.4, 0.5) is 0 Å². The summed E-state index contributed by atoms with van der Waals surface area (Å²) in [6, 6.07) is 69.6. The van der Waals surface area contributed by atoms with E-state index in [1.165, 1.54) is 55.6 Å². The third kappa shape index (κ3) is 13.5. The van der Waals surface area contributed by atoms with Crippen molar-refractivity contribution in [2.75, 3.05) is 0 Å². The molecule has 0 spiro atoms. The largest absolute Gasteiger partial charge is 0.305 e. The van der Waals surface area contributed by atoms with Crippen LogP contribution >= 0.6 is 0 Å². The van der Waals surface area contributed by atoms with Crippen LogP contribution in [0, 0.1) is 26.0 Å². The monoisotopic (exact) mass is 1190 g/mol. The van der Waals surface area contributed by atoms with Gasteiger partial charge in [-0.1, -0.05) is 150 Å². The second-order valence-electron chi connectivity index (χ2n) is 16.1. The van der Waals surface area contributed by atoms with Crippen molar-refractivity contribution in [3.63, 3.8) is 0 Å². The van der Waals surface area contributed by atoms with Crippen LogP contribution < -0.4 is 0 Å². The van der Waals surface area contributed by atoms with Gasteiger partial charge in [0.05, 0.1) is 5.69 Å². The molecule has 9 aromatic rings. The van der Waals surface area contributed by atoms with Gasteiger partial charge >= 0.3 is 0 Å². The summed E-state index contributed by atoms with van der Waals surface area (Å²) in [5.74, 6) is 1.04. The van der Waals surface area contributed by atoms with Gasteiger partial charge in [0.15, 0.2) is 0 Å². The maximum Gasteiger partial charge on any atom is 0.0702 e. The molecular weight excluding hydrogens is 1140 g/mol. The SMILES string of the molecule is CC(C)c1cc(-c2cc[c-]c(-c3ccccn3)c2)cc(C(C)C)c1.Cc1[c-]c(-c2ccccn2)cc(-c2ccccc2)c1.Cc1cc(-c2ccccc2)cc(-c2ccccn2)c1.[Ir].[Ir]. The van der Waals surface area contributed by atoms with Crippen LogP contribution in [0.2, 0.25) is 0 Å². The summed E-state index contributed by atoms with van der Waals surface area (Å²) in [6.45, 7) is 13.2. The van der Waals surface area contributed by atoms with Crippen molar-refractivity contribution < 1.29 is 40.2 Å². The third-order valence-electron chi connectivity index (χ3n) is 10.6. The molecule has 3 nitrogen and oxygen atoms in total. The Labute approximate surface area is 407 Å². The number of rotatable bonds is 8. The molecule has 5 heteroatoms. The van der Waals surface area contributed by atoms with Gasteiger partial charge in [-0.2, -0.15) is 0 Å². The van der Waals surface area contributed by atoms with Crippen LogP contribution in [0.3, 0.4) is 0 Å². The van der Waals surface area contributed by atoms with E-state index >= 15 is 0 Å². The van der Waals surface area contributed by atoms with E-state index in [9.17, 15) is 0 Å². The van der Waals surface area contributed by atoms with E-state index in [2.05, 4.69) is 178 Å². The van der Waals surface area contributed by atoms with Crippen LogP contribution in [-0.2, 0) is 40.2 Å². The summed E-state index contributed by atoms with van der Waals surface area (Å²) in [5, 5.41) is 0. The molecular formula is C59H53Ir2N3-2. The summed E-state index contributed by atoms with van der Waals surface area (Å²) in [7, 11) is 0. The first-order chi connectivity index (χ1) is 30.2. The van der Waals surface area contributed by atoms with Gasteiger partial charge in [0, 0.05) is 64.4 Å². The van der Waals surface area contributed by atoms with Crippen molar-refractivity contribution in [2.45, 2.75) is 53.4 Å². The molecule has 0 aliphatic heterocycles. The van der Waals surface area contributed by atoms with Crippen molar-refractivity contribution in [1.82, 2.24) is 15.0 Å². The Balaban J connectivity index is 0.000000179. The molecule has 3 aromatic heterocycles. The fourth-order valence-electron chi connectivity index (χ4n) is 7.26. The van der Waals surface area contributed by atoms with Gasteiger partial charge in [-0.05, 0) is 105 Å². The number of benzene rings is 6. The molecule has 0 atom stereocenters. The predicted molar refractivity (Wildman–Crippen MR) is 261 cm³/mol. The molecule has 324 valence electrons. The first-order valence-corrected chi connectivity index (χ1v) is 21.4. The van der Waals surface area contributed by atoms with Crippen molar-refractivity contribution in [3.8, 4) is 67.2 Å². The first-order valence-electron chi connectivity index (χ1n) is 21.4. The molecule has 0 saturated heterocycles. The summed E-state index contributed by atoms with van der Waals surface area (Å²) >= 11 is 0. The van der Waals surface area contributed by atoms with E-state index in [1.807, 2.05) is 91.4 Å². The number of hydrogen-bond donors (Lipinski definition) is 0. The molecule has 0 fully saturated rings. The maximum absolute atomic E-state index is 4.44. The predicted octanol–water partition coefficient (Wildman–Crippen LogP) is 15.7. The zero-order valence-corrected chi connectivity index (χ0v) is 42.0. The fraction of sp³-hybridized carbons (Fsp3) is 0.136. The summed E-state index contributed by atoms with van der Waals surface area (Å²) < 4.78 is 0. The van der Waals surface area contributed by atoms with Crippen molar-refractivity contribution >= 4 is 0 Å². The van der Waals surface area contributed by atoms with E-state index in [-0.39, 0.29) is 40.2 Å². The molecule has 3 heterocycles. The quantitative estimate of drug-likeness (QED) is 0.142. The smallest absolute Gasteiger partial charge is 0.0702 e. The van der Waals surface area contributed by atoms with Gasteiger partial charge in [-0.25, -0.2) is 0 Å². The van der Waals surface area contributed by atoms with Gasteiger partial charge in [0.25, 0.3) is 0 Å². The molecule has 2 radical (unpaired) electrons. The average molecular weight is 1190 g/mol. The van der Waals surface area contributed by atoms with E-state index < -0.39 is 0 Å². The number of aromatic nitrogens is 3. The third-order valence-corrected chi connectivity index (χ3v) is 10.6. The Morgan fingerprint density at radius 3 is 1.34 bits per heavy atom. The first kappa shape index (κ1) is 49.1. The molecule has 0 unspecified atom stereocenters. The zero-order chi connectivity index (χ0) is 43.3. The van der Waals surface area contributed by atoms with E-state index in [1.54, 1.807) is 0 Å². The van der Waals surface area contributed by atoms with Gasteiger partial charge in [-0.15, -0.1) is 70.3 Å².